The molecule has 0 saturated carbocycles. The molecule has 0 bridgehead atoms. The molecule has 0 spiro atoms. The number of aliphatic carboxylic acids is 1. The van der Waals surface area contributed by atoms with Crippen molar-refractivity contribution in [3.05, 3.63) is 59.7 Å². The third-order valence-electron chi connectivity index (χ3n) is 5.59. The van der Waals surface area contributed by atoms with E-state index in [1.165, 1.54) is 4.31 Å². The zero-order chi connectivity index (χ0) is 22.6. The maximum atomic E-state index is 13.6. The second kappa shape index (κ2) is 10.1. The van der Waals surface area contributed by atoms with Crippen LogP contribution in [0.15, 0.2) is 53.4 Å². The van der Waals surface area contributed by atoms with Crippen LogP contribution in [-0.2, 0) is 14.8 Å². The van der Waals surface area contributed by atoms with Crippen LogP contribution in [0.1, 0.15) is 36.9 Å². The molecule has 0 amide bonds. The molecule has 1 saturated heterocycles. The van der Waals surface area contributed by atoms with Gasteiger partial charge in [-0.1, -0.05) is 36.8 Å². The van der Waals surface area contributed by atoms with Crippen LogP contribution >= 0.6 is 11.8 Å². The second-order valence-electron chi connectivity index (χ2n) is 7.77. The number of hydrogen-bond donors (Lipinski definition) is 1. The number of methoxy groups -OCH3 is 1. The number of rotatable bonds is 8. The van der Waals surface area contributed by atoms with Gasteiger partial charge in [0.15, 0.2) is 0 Å². The van der Waals surface area contributed by atoms with Gasteiger partial charge in [0.2, 0.25) is 10.0 Å². The average molecular weight is 464 g/mol. The van der Waals surface area contributed by atoms with E-state index in [1.807, 2.05) is 31.2 Å². The molecular formula is C23H29NO5S2. The Balaban J connectivity index is 2.07. The van der Waals surface area contributed by atoms with E-state index < -0.39 is 28.0 Å². The number of carboxylic acid groups (broad SMARTS) is 1. The van der Waals surface area contributed by atoms with Gasteiger partial charge >= 0.3 is 5.97 Å². The topological polar surface area (TPSA) is 83.9 Å². The van der Waals surface area contributed by atoms with E-state index in [9.17, 15) is 18.3 Å². The molecule has 1 N–H and O–H groups in total. The number of sulfonamides is 1. The molecule has 6 nitrogen and oxygen atoms in total. The molecule has 31 heavy (non-hydrogen) atoms. The number of hydrogen-bond acceptors (Lipinski definition) is 5. The van der Waals surface area contributed by atoms with Gasteiger partial charge in [-0.05, 0) is 55.3 Å². The van der Waals surface area contributed by atoms with Gasteiger partial charge in [-0.15, -0.1) is 0 Å². The van der Waals surface area contributed by atoms with E-state index in [-0.39, 0.29) is 16.7 Å². The molecule has 0 radical (unpaired) electrons. The predicted molar refractivity (Wildman–Crippen MR) is 123 cm³/mol. The first-order valence-electron chi connectivity index (χ1n) is 10.3. The molecule has 2 aromatic carbocycles. The molecule has 0 unspecified atom stereocenters. The third-order valence-corrected chi connectivity index (χ3v) is 9.07. The van der Waals surface area contributed by atoms with E-state index in [4.69, 9.17) is 4.74 Å². The predicted octanol–water partition coefficient (Wildman–Crippen LogP) is 4.35. The quantitative estimate of drug-likeness (QED) is 0.627. The number of benzene rings is 2. The standard InChI is InChI=1S/C23H29NO5S2/c1-4-12-30-22-14-21(17-6-5-7-18(13-17)29-3)24(15-20(22)23(25)26)31(27,28)19-10-8-16(2)9-11-19/h5-11,13,20-22H,4,12,14-15H2,1-3H3,(H,25,26)/t20-,21+,22-/m1/s1. The molecule has 1 fully saturated rings. The number of ether oxygens (including phenoxy) is 1. The molecule has 0 aromatic heterocycles. The fraction of sp³-hybridized carbons (Fsp3) is 0.435. The molecule has 3 atom stereocenters. The van der Waals surface area contributed by atoms with Crippen molar-refractivity contribution >= 4 is 27.8 Å². The SMILES string of the molecule is CCCS[C@@H]1C[C@@H](c2cccc(OC)c2)N(S(=O)(=O)c2ccc(C)cc2)C[C@H]1C(=O)O. The van der Waals surface area contributed by atoms with Crippen molar-refractivity contribution in [2.24, 2.45) is 5.92 Å². The highest BCUT2D eigenvalue weighted by Crippen LogP contribution is 2.42. The summed E-state index contributed by atoms with van der Waals surface area (Å²) in [6.07, 6.45) is 1.36. The largest absolute Gasteiger partial charge is 0.497 e. The molecule has 1 aliphatic heterocycles. The smallest absolute Gasteiger partial charge is 0.308 e. The zero-order valence-electron chi connectivity index (χ0n) is 18.0. The van der Waals surface area contributed by atoms with Gasteiger partial charge in [-0.25, -0.2) is 8.42 Å². The molecule has 1 heterocycles. The fourth-order valence-electron chi connectivity index (χ4n) is 3.89. The summed E-state index contributed by atoms with van der Waals surface area (Å²) >= 11 is 1.62. The molecule has 8 heteroatoms. The lowest BCUT2D eigenvalue weighted by atomic mass is 9.90. The Bertz CT molecular complexity index is 1010. The number of piperidine rings is 1. The Kier molecular flexibility index (Phi) is 7.67. The Hall–Kier alpha value is -2.03. The average Bonchev–Trinajstić information content (AvgIpc) is 2.77. The molecule has 3 rings (SSSR count). The van der Waals surface area contributed by atoms with Gasteiger partial charge in [0.1, 0.15) is 5.75 Å². The molecule has 0 aliphatic carbocycles. The number of thioether (sulfide) groups is 1. The number of carboxylic acids is 1. The van der Waals surface area contributed by atoms with Crippen LogP contribution in [0.5, 0.6) is 5.75 Å². The monoisotopic (exact) mass is 463 g/mol. The van der Waals surface area contributed by atoms with Crippen LogP contribution in [0.25, 0.3) is 0 Å². The lowest BCUT2D eigenvalue weighted by Gasteiger charge is -2.41. The summed E-state index contributed by atoms with van der Waals surface area (Å²) in [5.74, 6) is -0.243. The minimum Gasteiger partial charge on any atom is -0.497 e. The summed E-state index contributed by atoms with van der Waals surface area (Å²) in [5.41, 5.74) is 1.77. The van der Waals surface area contributed by atoms with Crippen molar-refractivity contribution in [2.45, 2.75) is 42.9 Å². The lowest BCUT2D eigenvalue weighted by molar-refractivity contribution is -0.143. The van der Waals surface area contributed by atoms with Crippen LogP contribution in [0.3, 0.4) is 0 Å². The Labute approximate surface area is 188 Å². The van der Waals surface area contributed by atoms with Gasteiger partial charge in [-0.2, -0.15) is 16.1 Å². The van der Waals surface area contributed by atoms with Gasteiger partial charge < -0.3 is 9.84 Å². The molecule has 2 aromatic rings. The van der Waals surface area contributed by atoms with Crippen molar-refractivity contribution in [3.8, 4) is 5.75 Å². The van der Waals surface area contributed by atoms with Gasteiger partial charge in [0, 0.05) is 11.8 Å². The highest BCUT2D eigenvalue weighted by atomic mass is 32.2. The van der Waals surface area contributed by atoms with Crippen LogP contribution in [0.4, 0.5) is 0 Å². The van der Waals surface area contributed by atoms with Crippen molar-refractivity contribution in [3.63, 3.8) is 0 Å². The summed E-state index contributed by atoms with van der Waals surface area (Å²) < 4.78 is 34.0. The Morgan fingerprint density at radius 1 is 1.23 bits per heavy atom. The third kappa shape index (κ3) is 5.25. The summed E-state index contributed by atoms with van der Waals surface area (Å²) in [4.78, 5) is 12.2. The highest BCUT2D eigenvalue weighted by Gasteiger charge is 2.45. The minimum atomic E-state index is -3.89. The van der Waals surface area contributed by atoms with E-state index >= 15 is 0 Å². The van der Waals surface area contributed by atoms with E-state index in [0.717, 1.165) is 23.3 Å². The first-order valence-corrected chi connectivity index (χ1v) is 12.8. The van der Waals surface area contributed by atoms with Gasteiger partial charge in [0.05, 0.1) is 24.0 Å². The summed E-state index contributed by atoms with van der Waals surface area (Å²) in [6.45, 7) is 3.89. The normalized spacial score (nSPS) is 22.2. The van der Waals surface area contributed by atoms with Crippen LogP contribution in [0, 0.1) is 12.8 Å². The van der Waals surface area contributed by atoms with Crippen LogP contribution in [0.2, 0.25) is 0 Å². The summed E-state index contributed by atoms with van der Waals surface area (Å²) in [5, 5.41) is 9.71. The Morgan fingerprint density at radius 2 is 1.94 bits per heavy atom. The van der Waals surface area contributed by atoms with E-state index in [0.29, 0.717) is 12.2 Å². The molecule has 1 aliphatic rings. The number of nitrogens with zero attached hydrogens (tertiary/aromatic N) is 1. The zero-order valence-corrected chi connectivity index (χ0v) is 19.7. The highest BCUT2D eigenvalue weighted by molar-refractivity contribution is 7.99. The summed E-state index contributed by atoms with van der Waals surface area (Å²) in [6, 6.07) is 13.6. The fourth-order valence-corrected chi connectivity index (χ4v) is 6.84. The first kappa shape index (κ1) is 23.6. The van der Waals surface area contributed by atoms with Crippen molar-refractivity contribution in [1.82, 2.24) is 4.31 Å². The van der Waals surface area contributed by atoms with Crippen LogP contribution < -0.4 is 4.74 Å². The maximum Gasteiger partial charge on any atom is 0.308 e. The summed E-state index contributed by atoms with van der Waals surface area (Å²) in [7, 11) is -2.32. The molecular weight excluding hydrogens is 434 g/mol. The maximum absolute atomic E-state index is 13.6. The van der Waals surface area contributed by atoms with E-state index in [2.05, 4.69) is 6.92 Å². The second-order valence-corrected chi connectivity index (χ2v) is 11.0. The van der Waals surface area contributed by atoms with Crippen molar-refractivity contribution in [1.29, 1.82) is 0 Å². The number of carbonyl (C=O) groups is 1. The van der Waals surface area contributed by atoms with Gasteiger partial charge in [0.25, 0.3) is 0 Å². The Morgan fingerprint density at radius 3 is 2.55 bits per heavy atom. The van der Waals surface area contributed by atoms with Gasteiger partial charge in [-0.3, -0.25) is 4.79 Å². The number of aryl methyl sites for hydroxylation is 1. The lowest BCUT2D eigenvalue weighted by Crippen LogP contribution is -2.49. The minimum absolute atomic E-state index is 0.0607. The molecule has 168 valence electrons. The van der Waals surface area contributed by atoms with Crippen LogP contribution in [-0.4, -0.2) is 48.5 Å². The first-order chi connectivity index (χ1) is 14.8. The van der Waals surface area contributed by atoms with Crippen molar-refractivity contribution < 1.29 is 23.1 Å². The van der Waals surface area contributed by atoms with E-state index in [1.54, 1.807) is 43.1 Å². The van der Waals surface area contributed by atoms with Crippen molar-refractivity contribution in [2.75, 3.05) is 19.4 Å².